The lowest BCUT2D eigenvalue weighted by Gasteiger charge is -2.46. The van der Waals surface area contributed by atoms with Gasteiger partial charge in [0.05, 0.1) is 24.7 Å². The molecule has 0 amide bonds. The Labute approximate surface area is 213 Å². The van der Waals surface area contributed by atoms with Crippen LogP contribution < -0.4 is 10.6 Å². The van der Waals surface area contributed by atoms with Crippen LogP contribution in [0, 0.1) is 22.7 Å². The largest absolute Gasteiger partial charge is 0.481 e. The maximum absolute atomic E-state index is 13.4. The van der Waals surface area contributed by atoms with Crippen LogP contribution in [0.3, 0.4) is 0 Å². The number of aliphatic carboxylic acids is 2. The van der Waals surface area contributed by atoms with Crippen LogP contribution in [0.25, 0.3) is 0 Å². The molecule has 206 valence electrons. The maximum Gasteiger partial charge on any atom is 0.310 e. The summed E-state index contributed by atoms with van der Waals surface area (Å²) in [5.74, 6) is -7.59. The Hall–Kier alpha value is -2.20. The van der Waals surface area contributed by atoms with E-state index in [2.05, 4.69) is 10.6 Å². The normalized spacial score (nSPS) is 27.8. The number of hydrogen-bond donors (Lipinski definition) is 4. The molecular formula is C26H44N2O8. The minimum atomic E-state index is -1.63. The SMILES string of the molecule is CC1(C)CC(OC(=O)CC(C(=O)OC2CC(C)(C)NCC2(C)C)C(CC(=O)O)C(=O)O)C(C)(C)CN1. The molecule has 4 unspecified atom stereocenters. The number of esters is 2. The first kappa shape index (κ1) is 30.0. The van der Waals surface area contributed by atoms with Crippen molar-refractivity contribution in [2.45, 2.75) is 104 Å². The van der Waals surface area contributed by atoms with Crippen LogP contribution in [0.1, 0.15) is 81.1 Å². The Morgan fingerprint density at radius 1 is 0.750 bits per heavy atom. The van der Waals surface area contributed by atoms with E-state index in [1.807, 2.05) is 55.4 Å². The van der Waals surface area contributed by atoms with Crippen molar-refractivity contribution in [3.63, 3.8) is 0 Å². The fourth-order valence-electron chi connectivity index (χ4n) is 4.78. The summed E-state index contributed by atoms with van der Waals surface area (Å²) in [4.78, 5) is 49.9. The Kier molecular flexibility index (Phi) is 8.89. The van der Waals surface area contributed by atoms with E-state index in [0.717, 1.165) is 0 Å². The number of hydrogen-bond acceptors (Lipinski definition) is 8. The zero-order valence-electron chi connectivity index (χ0n) is 22.9. The second-order valence-corrected chi connectivity index (χ2v) is 13.1. The molecule has 2 rings (SSSR count). The van der Waals surface area contributed by atoms with Crippen LogP contribution in [0.5, 0.6) is 0 Å². The van der Waals surface area contributed by atoms with Gasteiger partial charge in [-0.15, -0.1) is 0 Å². The zero-order valence-corrected chi connectivity index (χ0v) is 22.9. The smallest absolute Gasteiger partial charge is 0.310 e. The van der Waals surface area contributed by atoms with Gasteiger partial charge < -0.3 is 30.3 Å². The number of ether oxygens (including phenoxy) is 2. The van der Waals surface area contributed by atoms with Crippen molar-refractivity contribution in [1.82, 2.24) is 10.6 Å². The highest BCUT2D eigenvalue weighted by Gasteiger charge is 2.47. The summed E-state index contributed by atoms with van der Waals surface area (Å²) in [5, 5.41) is 25.9. The standard InChI is InChI=1S/C26H44N2O8/c1-23(2)13-27-25(5,6)11-17(23)35-20(31)10-16(15(21(32)33)9-19(29)30)22(34)36-18-12-26(7,8)28-14-24(18,3)4/h15-18,27-28H,9-14H2,1-8H3,(H,29,30)(H,32,33). The lowest BCUT2D eigenvalue weighted by atomic mass is 9.75. The van der Waals surface area contributed by atoms with E-state index in [-0.39, 0.29) is 16.5 Å². The summed E-state index contributed by atoms with van der Waals surface area (Å²) in [5.41, 5.74) is -1.39. The number of piperidine rings is 2. The van der Waals surface area contributed by atoms with E-state index in [1.165, 1.54) is 0 Å². The van der Waals surface area contributed by atoms with Crippen molar-refractivity contribution in [2.24, 2.45) is 22.7 Å². The minimum Gasteiger partial charge on any atom is -0.481 e. The van der Waals surface area contributed by atoms with Crippen LogP contribution in [0.4, 0.5) is 0 Å². The highest BCUT2D eigenvalue weighted by atomic mass is 16.6. The molecule has 36 heavy (non-hydrogen) atoms. The molecule has 0 saturated carbocycles. The molecule has 0 bridgehead atoms. The molecule has 0 aromatic carbocycles. The van der Waals surface area contributed by atoms with Crippen LogP contribution in [0.15, 0.2) is 0 Å². The van der Waals surface area contributed by atoms with Crippen molar-refractivity contribution in [3.05, 3.63) is 0 Å². The monoisotopic (exact) mass is 512 g/mol. The second-order valence-electron chi connectivity index (χ2n) is 13.1. The summed E-state index contributed by atoms with van der Waals surface area (Å²) in [6.07, 6.45) is -1.35. The van der Waals surface area contributed by atoms with Crippen LogP contribution in [0.2, 0.25) is 0 Å². The van der Waals surface area contributed by atoms with Crippen molar-refractivity contribution in [3.8, 4) is 0 Å². The summed E-state index contributed by atoms with van der Waals surface area (Å²) >= 11 is 0. The molecule has 0 radical (unpaired) electrons. The average Bonchev–Trinajstić information content (AvgIpc) is 2.70. The Morgan fingerprint density at radius 2 is 1.19 bits per heavy atom. The Morgan fingerprint density at radius 3 is 1.61 bits per heavy atom. The van der Waals surface area contributed by atoms with E-state index < -0.39 is 66.2 Å². The van der Waals surface area contributed by atoms with Gasteiger partial charge in [0.15, 0.2) is 0 Å². The van der Waals surface area contributed by atoms with Crippen LogP contribution >= 0.6 is 0 Å². The van der Waals surface area contributed by atoms with Crippen LogP contribution in [-0.2, 0) is 28.7 Å². The molecule has 4 N–H and O–H groups in total. The highest BCUT2D eigenvalue weighted by Crippen LogP contribution is 2.37. The number of nitrogens with one attached hydrogen (secondary N) is 2. The lowest BCUT2D eigenvalue weighted by molar-refractivity contribution is -0.177. The summed E-state index contributed by atoms with van der Waals surface area (Å²) in [6, 6.07) is 0. The van der Waals surface area contributed by atoms with E-state index in [0.29, 0.717) is 25.9 Å². The van der Waals surface area contributed by atoms with Gasteiger partial charge >= 0.3 is 23.9 Å². The molecule has 2 fully saturated rings. The van der Waals surface area contributed by atoms with Gasteiger partial charge in [0, 0.05) is 47.8 Å². The first-order chi connectivity index (χ1) is 16.2. The number of carboxylic acid groups (broad SMARTS) is 2. The summed E-state index contributed by atoms with van der Waals surface area (Å²) in [6.45, 7) is 16.9. The van der Waals surface area contributed by atoms with Gasteiger partial charge in [0.25, 0.3) is 0 Å². The molecule has 10 nitrogen and oxygen atoms in total. The third-order valence-electron chi connectivity index (χ3n) is 7.60. The molecule has 0 aromatic heterocycles. The molecule has 0 aliphatic carbocycles. The van der Waals surface area contributed by atoms with Crippen LogP contribution in [-0.4, -0.2) is 70.5 Å². The molecule has 2 aliphatic rings. The third-order valence-corrected chi connectivity index (χ3v) is 7.60. The fraction of sp³-hybridized carbons (Fsp3) is 0.846. The molecule has 2 saturated heterocycles. The van der Waals surface area contributed by atoms with Gasteiger partial charge in [-0.2, -0.15) is 0 Å². The zero-order chi connectivity index (χ0) is 27.7. The van der Waals surface area contributed by atoms with E-state index in [9.17, 15) is 29.4 Å². The van der Waals surface area contributed by atoms with Crippen molar-refractivity contribution < 1.29 is 38.9 Å². The van der Waals surface area contributed by atoms with Gasteiger partial charge in [0.1, 0.15) is 12.2 Å². The average molecular weight is 513 g/mol. The van der Waals surface area contributed by atoms with E-state index >= 15 is 0 Å². The number of carboxylic acids is 2. The topological polar surface area (TPSA) is 151 Å². The Balaban J connectivity index is 2.27. The van der Waals surface area contributed by atoms with Crippen molar-refractivity contribution >= 4 is 23.9 Å². The number of carbonyl (C=O) groups is 4. The lowest BCUT2D eigenvalue weighted by Crippen LogP contribution is -2.58. The van der Waals surface area contributed by atoms with Gasteiger partial charge in [-0.05, 0) is 27.7 Å². The van der Waals surface area contributed by atoms with E-state index in [1.54, 1.807) is 0 Å². The van der Waals surface area contributed by atoms with Gasteiger partial charge in [-0.25, -0.2) is 0 Å². The predicted octanol–water partition coefficient (Wildman–Crippen LogP) is 2.59. The molecule has 10 heteroatoms. The van der Waals surface area contributed by atoms with Gasteiger partial charge in [-0.1, -0.05) is 27.7 Å². The van der Waals surface area contributed by atoms with Crippen molar-refractivity contribution in [1.29, 1.82) is 0 Å². The quantitative estimate of drug-likeness (QED) is 0.339. The number of carbonyl (C=O) groups excluding carboxylic acids is 2. The molecular weight excluding hydrogens is 468 g/mol. The summed E-state index contributed by atoms with van der Waals surface area (Å²) in [7, 11) is 0. The van der Waals surface area contributed by atoms with Gasteiger partial charge in [0.2, 0.25) is 0 Å². The number of rotatable bonds is 9. The maximum atomic E-state index is 13.4. The molecule has 2 aliphatic heterocycles. The first-order valence-corrected chi connectivity index (χ1v) is 12.6. The fourth-order valence-corrected chi connectivity index (χ4v) is 4.78. The first-order valence-electron chi connectivity index (χ1n) is 12.6. The highest BCUT2D eigenvalue weighted by molar-refractivity contribution is 5.87. The van der Waals surface area contributed by atoms with Crippen molar-refractivity contribution in [2.75, 3.05) is 13.1 Å². The Bertz CT molecular complexity index is 864. The molecule has 0 aromatic rings. The van der Waals surface area contributed by atoms with Gasteiger partial charge in [-0.3, -0.25) is 19.2 Å². The van der Waals surface area contributed by atoms with E-state index in [4.69, 9.17) is 9.47 Å². The molecule has 2 heterocycles. The second kappa shape index (κ2) is 10.7. The molecule has 0 spiro atoms. The summed E-state index contributed by atoms with van der Waals surface area (Å²) < 4.78 is 11.6. The minimum absolute atomic E-state index is 0.265. The molecule has 4 atom stereocenters. The predicted molar refractivity (Wildman–Crippen MR) is 132 cm³/mol. The third kappa shape index (κ3) is 7.90.